The predicted octanol–water partition coefficient (Wildman–Crippen LogP) is 3.14. The van der Waals surface area contributed by atoms with Gasteiger partial charge in [0, 0.05) is 17.7 Å². The Hall–Kier alpha value is -4.61. The summed E-state index contributed by atoms with van der Waals surface area (Å²) in [6.07, 6.45) is -0.0284. The SMILES string of the molecule is CC[C@]1(O)[C@@H](C(=O)OC)[C@H](c2ccc([N+](=O)[O-])cc2)N2[C@H](c3ccccc3)[C@@H](NC(=O)c3ccccc3)C(=O)N21. The van der Waals surface area contributed by atoms with Crippen molar-refractivity contribution in [1.29, 1.82) is 0 Å². The second-order valence-corrected chi connectivity index (χ2v) is 9.73. The van der Waals surface area contributed by atoms with E-state index in [0.717, 1.165) is 5.01 Å². The fraction of sp³-hybridized carbons (Fsp3) is 0.276. The average molecular weight is 545 g/mol. The minimum absolute atomic E-state index is 0.0284. The Bertz CT molecular complexity index is 1430. The fourth-order valence-corrected chi connectivity index (χ4v) is 5.79. The molecular formula is C29H28N4O7. The Morgan fingerprint density at radius 1 is 0.975 bits per heavy atom. The number of rotatable bonds is 7. The summed E-state index contributed by atoms with van der Waals surface area (Å²) >= 11 is 0. The number of non-ortho nitro benzene ring substituents is 1. The van der Waals surface area contributed by atoms with Gasteiger partial charge in [-0.1, -0.05) is 67.6 Å². The number of nitrogens with one attached hydrogen (secondary N) is 1. The monoisotopic (exact) mass is 544 g/mol. The van der Waals surface area contributed by atoms with Gasteiger partial charge >= 0.3 is 5.97 Å². The molecule has 5 rings (SSSR count). The van der Waals surface area contributed by atoms with E-state index in [9.17, 15) is 29.6 Å². The average Bonchev–Trinajstić information content (AvgIpc) is 3.42. The molecule has 2 saturated heterocycles. The molecule has 0 bridgehead atoms. The molecule has 0 unspecified atom stereocenters. The molecule has 206 valence electrons. The van der Waals surface area contributed by atoms with E-state index >= 15 is 0 Å². The Balaban J connectivity index is 1.68. The van der Waals surface area contributed by atoms with E-state index in [2.05, 4.69) is 5.32 Å². The molecule has 0 saturated carbocycles. The summed E-state index contributed by atoms with van der Waals surface area (Å²) in [6, 6.07) is 20.2. The van der Waals surface area contributed by atoms with Crippen LogP contribution in [0, 0.1) is 16.0 Å². The molecule has 2 amide bonds. The highest BCUT2D eigenvalue weighted by Crippen LogP contribution is 2.56. The van der Waals surface area contributed by atoms with E-state index in [1.165, 1.54) is 31.4 Å². The molecule has 3 aromatic carbocycles. The van der Waals surface area contributed by atoms with Crippen LogP contribution in [-0.2, 0) is 14.3 Å². The number of methoxy groups -OCH3 is 1. The molecule has 2 aliphatic heterocycles. The lowest BCUT2D eigenvalue weighted by atomic mass is 9.82. The third kappa shape index (κ3) is 4.29. The van der Waals surface area contributed by atoms with Gasteiger partial charge in [0.15, 0.2) is 5.72 Å². The van der Waals surface area contributed by atoms with Crippen LogP contribution >= 0.6 is 0 Å². The number of hydrazine groups is 1. The van der Waals surface area contributed by atoms with E-state index in [1.807, 2.05) is 6.07 Å². The Labute approximate surface area is 230 Å². The molecule has 2 N–H and O–H groups in total. The number of carbonyl (C=O) groups is 3. The molecule has 40 heavy (non-hydrogen) atoms. The van der Waals surface area contributed by atoms with Gasteiger partial charge in [0.2, 0.25) is 0 Å². The van der Waals surface area contributed by atoms with Gasteiger partial charge in [0.05, 0.1) is 24.1 Å². The number of nitro benzene ring substituents is 1. The first-order chi connectivity index (χ1) is 19.2. The summed E-state index contributed by atoms with van der Waals surface area (Å²) in [4.78, 5) is 51.4. The van der Waals surface area contributed by atoms with Gasteiger partial charge in [-0.15, -0.1) is 0 Å². The molecule has 0 radical (unpaired) electrons. The van der Waals surface area contributed by atoms with Crippen molar-refractivity contribution < 1.29 is 29.2 Å². The number of nitrogens with zero attached hydrogens (tertiary/aromatic N) is 3. The number of nitro groups is 1. The predicted molar refractivity (Wildman–Crippen MR) is 142 cm³/mol. The number of benzene rings is 3. The van der Waals surface area contributed by atoms with Crippen molar-refractivity contribution in [2.45, 2.75) is 37.2 Å². The van der Waals surface area contributed by atoms with Crippen LogP contribution < -0.4 is 5.32 Å². The fourth-order valence-electron chi connectivity index (χ4n) is 5.79. The quantitative estimate of drug-likeness (QED) is 0.262. The number of hydrogen-bond acceptors (Lipinski definition) is 8. The number of esters is 1. The number of hydrogen-bond donors (Lipinski definition) is 2. The molecule has 2 heterocycles. The third-order valence-corrected chi connectivity index (χ3v) is 7.66. The van der Waals surface area contributed by atoms with Gasteiger partial charge in [0.1, 0.15) is 12.0 Å². The first kappa shape index (κ1) is 27.0. The number of amides is 2. The lowest BCUT2D eigenvalue weighted by molar-refractivity contribution is -0.384. The summed E-state index contributed by atoms with van der Waals surface area (Å²) in [7, 11) is 1.20. The van der Waals surface area contributed by atoms with E-state index < -0.39 is 52.5 Å². The van der Waals surface area contributed by atoms with Crippen LogP contribution in [0.2, 0.25) is 0 Å². The summed E-state index contributed by atoms with van der Waals surface area (Å²) < 4.78 is 5.09. The van der Waals surface area contributed by atoms with Crippen LogP contribution in [-0.4, -0.2) is 56.7 Å². The van der Waals surface area contributed by atoms with Crippen molar-refractivity contribution >= 4 is 23.5 Å². The van der Waals surface area contributed by atoms with Gasteiger partial charge < -0.3 is 15.2 Å². The van der Waals surface area contributed by atoms with Gasteiger partial charge in [-0.25, -0.2) is 5.01 Å². The first-order valence-corrected chi connectivity index (χ1v) is 12.8. The van der Waals surface area contributed by atoms with Crippen molar-refractivity contribution in [3.8, 4) is 0 Å². The number of aliphatic hydroxyl groups is 1. The standard InChI is InChI=1S/C29H28N4O7/c1-3-29(37)22(28(36)40-2)24(19-14-16-21(17-15-19)33(38)39)31-25(18-10-6-4-7-11-18)23(27(35)32(29)31)30-26(34)20-12-8-5-9-13-20/h4-17,22-25,37H,3H2,1-2H3,(H,30,34)/t22-,23-,24+,25-,29+/m1/s1. The zero-order valence-electron chi connectivity index (χ0n) is 21.8. The van der Waals surface area contributed by atoms with E-state index in [-0.39, 0.29) is 12.1 Å². The molecule has 3 aromatic rings. The highest BCUT2D eigenvalue weighted by molar-refractivity contribution is 5.98. The van der Waals surface area contributed by atoms with Crippen LogP contribution in [0.4, 0.5) is 5.69 Å². The Kier molecular flexibility index (Phi) is 7.09. The number of ether oxygens (including phenoxy) is 1. The highest BCUT2D eigenvalue weighted by Gasteiger charge is 2.69. The van der Waals surface area contributed by atoms with Crippen LogP contribution in [0.1, 0.15) is 46.9 Å². The summed E-state index contributed by atoms with van der Waals surface area (Å²) in [5.41, 5.74) is -0.680. The maximum Gasteiger partial charge on any atom is 0.315 e. The third-order valence-electron chi connectivity index (χ3n) is 7.66. The van der Waals surface area contributed by atoms with Crippen molar-refractivity contribution in [2.24, 2.45) is 5.92 Å². The van der Waals surface area contributed by atoms with Gasteiger partial charge in [-0.05, 0) is 29.7 Å². The highest BCUT2D eigenvalue weighted by atomic mass is 16.6. The lowest BCUT2D eigenvalue weighted by Crippen LogP contribution is -2.55. The second kappa shape index (κ2) is 10.5. The van der Waals surface area contributed by atoms with Crippen LogP contribution in [0.5, 0.6) is 0 Å². The Morgan fingerprint density at radius 2 is 1.55 bits per heavy atom. The molecule has 0 spiro atoms. The van der Waals surface area contributed by atoms with Gasteiger partial charge in [0.25, 0.3) is 17.5 Å². The van der Waals surface area contributed by atoms with E-state index in [4.69, 9.17) is 4.74 Å². The van der Waals surface area contributed by atoms with E-state index in [0.29, 0.717) is 16.7 Å². The van der Waals surface area contributed by atoms with E-state index in [1.54, 1.807) is 66.5 Å². The van der Waals surface area contributed by atoms with Gasteiger partial charge in [-0.2, -0.15) is 5.01 Å². The number of fused-ring (bicyclic) bond motifs is 1. The molecule has 2 fully saturated rings. The Morgan fingerprint density at radius 3 is 2.10 bits per heavy atom. The summed E-state index contributed by atoms with van der Waals surface area (Å²) in [5, 5.41) is 29.0. The van der Waals surface area contributed by atoms with Crippen LogP contribution in [0.25, 0.3) is 0 Å². The smallest absolute Gasteiger partial charge is 0.315 e. The minimum atomic E-state index is -2.00. The molecule has 11 nitrogen and oxygen atoms in total. The van der Waals surface area contributed by atoms with Crippen LogP contribution in [0.15, 0.2) is 84.9 Å². The zero-order chi connectivity index (χ0) is 28.6. The van der Waals surface area contributed by atoms with Crippen molar-refractivity contribution in [2.75, 3.05) is 7.11 Å². The van der Waals surface area contributed by atoms with Gasteiger partial charge in [-0.3, -0.25) is 24.5 Å². The maximum absolute atomic E-state index is 14.2. The topological polar surface area (TPSA) is 142 Å². The number of carbonyl (C=O) groups excluding carboxylic acids is 3. The molecule has 5 atom stereocenters. The lowest BCUT2D eigenvalue weighted by Gasteiger charge is -2.35. The molecular weight excluding hydrogens is 516 g/mol. The molecule has 2 aliphatic rings. The van der Waals surface area contributed by atoms with Crippen molar-refractivity contribution in [3.63, 3.8) is 0 Å². The first-order valence-electron chi connectivity index (χ1n) is 12.8. The molecule has 11 heteroatoms. The normalized spacial score (nSPS) is 25.9. The van der Waals surface area contributed by atoms with Crippen molar-refractivity contribution in [3.05, 3.63) is 112 Å². The van der Waals surface area contributed by atoms with Crippen molar-refractivity contribution in [1.82, 2.24) is 15.3 Å². The minimum Gasteiger partial charge on any atom is -0.469 e. The largest absolute Gasteiger partial charge is 0.469 e. The molecule has 0 aromatic heterocycles. The zero-order valence-corrected chi connectivity index (χ0v) is 21.8. The summed E-state index contributed by atoms with van der Waals surface area (Å²) in [6.45, 7) is 1.65. The molecule has 0 aliphatic carbocycles. The second-order valence-electron chi connectivity index (χ2n) is 9.73. The van der Waals surface area contributed by atoms with Crippen LogP contribution in [0.3, 0.4) is 0 Å². The summed E-state index contributed by atoms with van der Waals surface area (Å²) in [5.74, 6) is -3.06. The maximum atomic E-state index is 14.2.